The highest BCUT2D eigenvalue weighted by Crippen LogP contribution is 2.26. The van der Waals surface area contributed by atoms with Crippen molar-refractivity contribution in [1.82, 2.24) is 14.9 Å². The third kappa shape index (κ3) is 3.44. The standard InChI is InChI=1S/C17H18N4S2/c1-2-4-14(5-3-1)16-19-12-15(23-16)13-20-7-9-21(10-8-20)17-18-6-11-22-17/h1-6,11-12H,7-10,13H2. The van der Waals surface area contributed by atoms with Crippen LogP contribution in [0.25, 0.3) is 10.6 Å². The maximum atomic E-state index is 4.58. The van der Waals surface area contributed by atoms with Gasteiger partial charge in [-0.25, -0.2) is 9.97 Å². The molecular formula is C17H18N4S2. The Hall–Kier alpha value is -1.76. The third-order valence-corrected chi connectivity index (χ3v) is 5.88. The van der Waals surface area contributed by atoms with Crippen molar-refractivity contribution in [2.75, 3.05) is 31.1 Å². The van der Waals surface area contributed by atoms with Crippen molar-refractivity contribution in [3.63, 3.8) is 0 Å². The molecule has 23 heavy (non-hydrogen) atoms. The molecule has 1 aliphatic rings. The Labute approximate surface area is 144 Å². The zero-order valence-electron chi connectivity index (χ0n) is 12.8. The molecule has 1 saturated heterocycles. The number of hydrogen-bond acceptors (Lipinski definition) is 6. The number of nitrogens with zero attached hydrogens (tertiary/aromatic N) is 4. The predicted octanol–water partition coefficient (Wildman–Crippen LogP) is 3.59. The van der Waals surface area contributed by atoms with Gasteiger partial charge in [0.05, 0.1) is 0 Å². The van der Waals surface area contributed by atoms with Crippen LogP contribution in [0.4, 0.5) is 5.13 Å². The minimum Gasteiger partial charge on any atom is -0.346 e. The molecule has 118 valence electrons. The first-order valence-corrected chi connectivity index (χ1v) is 9.45. The second-order valence-electron chi connectivity index (χ2n) is 5.58. The van der Waals surface area contributed by atoms with Gasteiger partial charge in [-0.15, -0.1) is 22.7 Å². The maximum absolute atomic E-state index is 4.58. The lowest BCUT2D eigenvalue weighted by Crippen LogP contribution is -2.45. The molecule has 3 heterocycles. The molecule has 0 unspecified atom stereocenters. The summed E-state index contributed by atoms with van der Waals surface area (Å²) >= 11 is 3.53. The highest BCUT2D eigenvalue weighted by Gasteiger charge is 2.19. The molecule has 0 radical (unpaired) electrons. The molecule has 1 fully saturated rings. The minimum absolute atomic E-state index is 0.996. The average molecular weight is 342 g/mol. The SMILES string of the molecule is c1ccc(-c2ncc(CN3CCN(c4nccs4)CC3)s2)cc1. The smallest absolute Gasteiger partial charge is 0.185 e. The van der Waals surface area contributed by atoms with E-state index < -0.39 is 0 Å². The number of hydrogen-bond donors (Lipinski definition) is 0. The van der Waals surface area contributed by atoms with Crippen LogP contribution in [0.5, 0.6) is 0 Å². The number of piperazine rings is 1. The molecule has 0 saturated carbocycles. The molecule has 0 aliphatic carbocycles. The largest absolute Gasteiger partial charge is 0.346 e. The van der Waals surface area contributed by atoms with Gasteiger partial charge < -0.3 is 4.90 Å². The fourth-order valence-corrected chi connectivity index (χ4v) is 4.44. The van der Waals surface area contributed by atoms with Crippen LogP contribution >= 0.6 is 22.7 Å². The molecule has 3 aromatic rings. The fraction of sp³-hybridized carbons (Fsp3) is 0.294. The highest BCUT2D eigenvalue weighted by molar-refractivity contribution is 7.15. The van der Waals surface area contributed by atoms with Gasteiger partial charge in [-0.3, -0.25) is 4.90 Å². The van der Waals surface area contributed by atoms with Crippen LogP contribution in [0, 0.1) is 0 Å². The lowest BCUT2D eigenvalue weighted by molar-refractivity contribution is 0.252. The lowest BCUT2D eigenvalue weighted by atomic mass is 10.2. The fourth-order valence-electron chi connectivity index (χ4n) is 2.78. The molecule has 0 N–H and O–H groups in total. The summed E-state index contributed by atoms with van der Waals surface area (Å²) in [4.78, 5) is 15.2. The van der Waals surface area contributed by atoms with Gasteiger partial charge in [0.1, 0.15) is 5.01 Å². The van der Waals surface area contributed by atoms with Crippen LogP contribution in [-0.2, 0) is 6.54 Å². The molecule has 4 nitrogen and oxygen atoms in total. The van der Waals surface area contributed by atoms with Crippen LogP contribution in [0.3, 0.4) is 0 Å². The van der Waals surface area contributed by atoms with E-state index in [0.29, 0.717) is 0 Å². The van der Waals surface area contributed by atoms with Gasteiger partial charge in [-0.2, -0.15) is 0 Å². The first-order chi connectivity index (χ1) is 11.4. The normalized spacial score (nSPS) is 15.9. The first-order valence-electron chi connectivity index (χ1n) is 7.75. The Bertz CT molecular complexity index is 731. The first kappa shape index (κ1) is 14.8. The zero-order chi connectivity index (χ0) is 15.5. The molecule has 1 aliphatic heterocycles. The van der Waals surface area contributed by atoms with Gasteiger partial charge in [-0.1, -0.05) is 30.3 Å². The zero-order valence-corrected chi connectivity index (χ0v) is 14.4. The van der Waals surface area contributed by atoms with Crippen molar-refractivity contribution < 1.29 is 0 Å². The Morgan fingerprint density at radius 2 is 1.83 bits per heavy atom. The van der Waals surface area contributed by atoms with E-state index in [-0.39, 0.29) is 0 Å². The van der Waals surface area contributed by atoms with Crippen molar-refractivity contribution in [2.45, 2.75) is 6.54 Å². The highest BCUT2D eigenvalue weighted by atomic mass is 32.1. The predicted molar refractivity (Wildman–Crippen MR) is 97.2 cm³/mol. The van der Waals surface area contributed by atoms with Gasteiger partial charge in [0.15, 0.2) is 5.13 Å². The summed E-state index contributed by atoms with van der Waals surface area (Å²) in [5.74, 6) is 0. The van der Waals surface area contributed by atoms with Crippen LogP contribution < -0.4 is 4.90 Å². The number of rotatable bonds is 4. The van der Waals surface area contributed by atoms with Gasteiger partial charge in [-0.05, 0) is 0 Å². The van der Waals surface area contributed by atoms with Crippen molar-refractivity contribution >= 4 is 27.8 Å². The second kappa shape index (κ2) is 6.78. The van der Waals surface area contributed by atoms with Gasteiger partial charge in [0, 0.05) is 60.9 Å². The van der Waals surface area contributed by atoms with Crippen molar-refractivity contribution in [1.29, 1.82) is 0 Å². The molecule has 0 atom stereocenters. The molecule has 0 amide bonds. The minimum atomic E-state index is 0.996. The summed E-state index contributed by atoms with van der Waals surface area (Å²) in [6, 6.07) is 10.4. The second-order valence-corrected chi connectivity index (χ2v) is 7.56. The molecule has 0 spiro atoms. The van der Waals surface area contributed by atoms with E-state index in [9.17, 15) is 0 Å². The molecule has 0 bridgehead atoms. The van der Waals surface area contributed by atoms with Crippen molar-refractivity contribution in [3.8, 4) is 10.6 Å². The summed E-state index contributed by atoms with van der Waals surface area (Å²) in [6.07, 6.45) is 3.91. The van der Waals surface area contributed by atoms with E-state index in [0.717, 1.165) is 42.9 Å². The van der Waals surface area contributed by atoms with Crippen molar-refractivity contribution in [2.24, 2.45) is 0 Å². The average Bonchev–Trinajstić information content (AvgIpc) is 3.28. The van der Waals surface area contributed by atoms with Gasteiger partial charge in [0.25, 0.3) is 0 Å². The molecule has 1 aromatic carbocycles. The number of thiazole rings is 2. The van der Waals surface area contributed by atoms with Gasteiger partial charge in [0.2, 0.25) is 0 Å². The molecule has 4 rings (SSSR count). The third-order valence-electron chi connectivity index (χ3n) is 4.02. The number of anilines is 1. The Kier molecular flexibility index (Phi) is 4.37. The Morgan fingerprint density at radius 1 is 1.00 bits per heavy atom. The van der Waals surface area contributed by atoms with E-state index in [4.69, 9.17) is 0 Å². The number of benzene rings is 1. The van der Waals surface area contributed by atoms with Crippen molar-refractivity contribution in [3.05, 3.63) is 53.0 Å². The van der Waals surface area contributed by atoms with E-state index >= 15 is 0 Å². The summed E-state index contributed by atoms with van der Waals surface area (Å²) < 4.78 is 0. The summed E-state index contributed by atoms with van der Waals surface area (Å²) in [7, 11) is 0. The molecule has 2 aromatic heterocycles. The summed E-state index contributed by atoms with van der Waals surface area (Å²) in [5, 5.41) is 4.31. The Morgan fingerprint density at radius 3 is 2.57 bits per heavy atom. The van der Waals surface area contributed by atoms with E-state index in [1.807, 2.05) is 23.8 Å². The lowest BCUT2D eigenvalue weighted by Gasteiger charge is -2.34. The Balaban J connectivity index is 1.36. The van der Waals surface area contributed by atoms with E-state index in [1.165, 1.54) is 10.4 Å². The summed E-state index contributed by atoms with van der Waals surface area (Å²) in [5.41, 5.74) is 1.21. The van der Waals surface area contributed by atoms with Crippen LogP contribution in [0.15, 0.2) is 48.1 Å². The number of aromatic nitrogens is 2. The van der Waals surface area contributed by atoms with E-state index in [1.54, 1.807) is 22.7 Å². The van der Waals surface area contributed by atoms with Crippen LogP contribution in [0.1, 0.15) is 4.88 Å². The van der Waals surface area contributed by atoms with E-state index in [2.05, 4.69) is 44.0 Å². The maximum Gasteiger partial charge on any atom is 0.185 e. The molecule has 6 heteroatoms. The van der Waals surface area contributed by atoms with Crippen LogP contribution in [0.2, 0.25) is 0 Å². The topological polar surface area (TPSA) is 32.3 Å². The van der Waals surface area contributed by atoms with Gasteiger partial charge >= 0.3 is 0 Å². The summed E-state index contributed by atoms with van der Waals surface area (Å²) in [6.45, 7) is 5.27. The van der Waals surface area contributed by atoms with Crippen LogP contribution in [-0.4, -0.2) is 41.0 Å². The monoisotopic (exact) mass is 342 g/mol. The quantitative estimate of drug-likeness (QED) is 0.725. The molecular weight excluding hydrogens is 324 g/mol.